The Morgan fingerprint density at radius 2 is 2.12 bits per heavy atom. The summed E-state index contributed by atoms with van der Waals surface area (Å²) in [6.07, 6.45) is 4.39. The number of fused-ring (bicyclic) bond motifs is 1. The number of rotatable bonds is 4. The van der Waals surface area contributed by atoms with Crippen LogP contribution in [-0.2, 0) is 11.3 Å². The second-order valence-electron chi connectivity index (χ2n) is 4.88. The number of hydrogen-bond acceptors (Lipinski definition) is 6. The summed E-state index contributed by atoms with van der Waals surface area (Å²) in [5.41, 5.74) is 4.75. The molecule has 9 heteroatoms. The zero-order chi connectivity index (χ0) is 16.9. The topological polar surface area (TPSA) is 106 Å². The lowest BCUT2D eigenvalue weighted by Gasteiger charge is -2.08. The Kier molecular flexibility index (Phi) is 4.62. The van der Waals surface area contributed by atoms with Gasteiger partial charge in [-0.05, 0) is 23.6 Å². The SMILES string of the molecule is O=C(CCn1cnc2sccc2c1=O)NNC(=O)c1cccnc1. The molecule has 0 aliphatic rings. The lowest BCUT2D eigenvalue weighted by molar-refractivity contribution is -0.122. The number of hydrogen-bond donors (Lipinski definition) is 2. The van der Waals surface area contributed by atoms with E-state index in [0.717, 1.165) is 0 Å². The molecule has 0 spiro atoms. The number of carbonyl (C=O) groups excluding carboxylic acids is 2. The normalized spacial score (nSPS) is 10.5. The van der Waals surface area contributed by atoms with Gasteiger partial charge in [-0.15, -0.1) is 11.3 Å². The van der Waals surface area contributed by atoms with Gasteiger partial charge >= 0.3 is 0 Å². The average molecular weight is 343 g/mol. The Morgan fingerprint density at radius 1 is 1.25 bits per heavy atom. The van der Waals surface area contributed by atoms with E-state index in [-0.39, 0.29) is 18.5 Å². The van der Waals surface area contributed by atoms with Crippen molar-refractivity contribution in [3.63, 3.8) is 0 Å². The molecule has 0 aromatic carbocycles. The zero-order valence-electron chi connectivity index (χ0n) is 12.4. The molecule has 0 unspecified atom stereocenters. The Bertz CT molecular complexity index is 935. The van der Waals surface area contributed by atoms with Gasteiger partial charge in [0.2, 0.25) is 5.91 Å². The molecule has 2 N–H and O–H groups in total. The highest BCUT2D eigenvalue weighted by atomic mass is 32.1. The Morgan fingerprint density at radius 3 is 2.92 bits per heavy atom. The highest BCUT2D eigenvalue weighted by molar-refractivity contribution is 7.16. The fourth-order valence-electron chi connectivity index (χ4n) is 2.03. The van der Waals surface area contributed by atoms with E-state index in [2.05, 4.69) is 20.8 Å². The van der Waals surface area contributed by atoms with E-state index in [4.69, 9.17) is 0 Å². The summed E-state index contributed by atoms with van der Waals surface area (Å²) in [7, 11) is 0. The van der Waals surface area contributed by atoms with Crippen molar-refractivity contribution in [2.24, 2.45) is 0 Å². The van der Waals surface area contributed by atoms with Crippen molar-refractivity contribution in [3.05, 3.63) is 58.2 Å². The van der Waals surface area contributed by atoms with Crippen LogP contribution in [0, 0.1) is 0 Å². The molecule has 0 radical (unpaired) electrons. The van der Waals surface area contributed by atoms with Crippen LogP contribution in [0.1, 0.15) is 16.8 Å². The lowest BCUT2D eigenvalue weighted by atomic mass is 10.3. The smallest absolute Gasteiger partial charge is 0.271 e. The van der Waals surface area contributed by atoms with Crippen molar-refractivity contribution < 1.29 is 9.59 Å². The third kappa shape index (κ3) is 3.46. The summed E-state index contributed by atoms with van der Waals surface area (Å²) in [6.45, 7) is 0.173. The molecule has 2 amide bonds. The third-order valence-corrected chi connectivity index (χ3v) is 4.09. The third-order valence-electron chi connectivity index (χ3n) is 3.27. The van der Waals surface area contributed by atoms with Crippen LogP contribution in [0.15, 0.2) is 47.1 Å². The molecular formula is C15H13N5O3S. The number of hydrazine groups is 1. The maximum Gasteiger partial charge on any atom is 0.271 e. The highest BCUT2D eigenvalue weighted by Gasteiger charge is 2.09. The molecule has 0 aliphatic carbocycles. The molecule has 24 heavy (non-hydrogen) atoms. The van der Waals surface area contributed by atoms with E-state index in [1.807, 2.05) is 0 Å². The van der Waals surface area contributed by atoms with Crippen LogP contribution in [0.25, 0.3) is 10.2 Å². The van der Waals surface area contributed by atoms with Gasteiger partial charge in [-0.3, -0.25) is 34.8 Å². The van der Waals surface area contributed by atoms with Gasteiger partial charge in [0.05, 0.1) is 17.3 Å². The minimum Gasteiger partial charge on any atom is -0.298 e. The molecule has 0 fully saturated rings. The summed E-state index contributed by atoms with van der Waals surface area (Å²) >= 11 is 1.39. The second kappa shape index (κ2) is 7.01. The second-order valence-corrected chi connectivity index (χ2v) is 5.77. The maximum atomic E-state index is 12.2. The van der Waals surface area contributed by atoms with Crippen LogP contribution in [0.3, 0.4) is 0 Å². The van der Waals surface area contributed by atoms with E-state index >= 15 is 0 Å². The first-order valence-electron chi connectivity index (χ1n) is 7.07. The number of aromatic nitrogens is 3. The molecule has 0 bridgehead atoms. The average Bonchev–Trinajstić information content (AvgIpc) is 3.09. The van der Waals surface area contributed by atoms with E-state index in [0.29, 0.717) is 15.8 Å². The van der Waals surface area contributed by atoms with E-state index in [1.165, 1.54) is 28.4 Å². The quantitative estimate of drug-likeness (QED) is 0.679. The number of amides is 2. The Labute approximate surface area is 140 Å². The molecule has 122 valence electrons. The number of nitrogens with zero attached hydrogens (tertiary/aromatic N) is 3. The summed E-state index contributed by atoms with van der Waals surface area (Å²) in [6, 6.07) is 4.91. The fraction of sp³-hybridized carbons (Fsp3) is 0.133. The number of thiophene rings is 1. The van der Waals surface area contributed by atoms with E-state index in [9.17, 15) is 14.4 Å². The predicted octanol–water partition coefficient (Wildman–Crippen LogP) is 0.704. The maximum absolute atomic E-state index is 12.2. The summed E-state index contributed by atoms with van der Waals surface area (Å²) in [4.78, 5) is 44.4. The Balaban J connectivity index is 1.54. The molecule has 3 aromatic heterocycles. The van der Waals surface area contributed by atoms with Crippen LogP contribution in [0.4, 0.5) is 0 Å². The number of aryl methyl sites for hydroxylation is 1. The largest absolute Gasteiger partial charge is 0.298 e. The first kappa shape index (κ1) is 15.8. The molecule has 0 saturated carbocycles. The van der Waals surface area contributed by atoms with Crippen LogP contribution < -0.4 is 16.4 Å². The minimum atomic E-state index is -0.463. The number of pyridine rings is 1. The molecule has 3 aromatic rings. The monoisotopic (exact) mass is 343 g/mol. The molecule has 0 saturated heterocycles. The van der Waals surface area contributed by atoms with Gasteiger partial charge in [-0.1, -0.05) is 0 Å². The van der Waals surface area contributed by atoms with Gasteiger partial charge < -0.3 is 0 Å². The van der Waals surface area contributed by atoms with Crippen molar-refractivity contribution in [1.29, 1.82) is 0 Å². The van der Waals surface area contributed by atoms with Gasteiger partial charge in [0.15, 0.2) is 0 Å². The molecular weight excluding hydrogens is 330 g/mol. The standard InChI is InChI=1S/C15H13N5O3S/c21-12(18-19-13(22)10-2-1-5-16-8-10)3-6-20-9-17-14-11(15(20)23)4-7-24-14/h1-2,4-5,7-9H,3,6H2,(H,18,21)(H,19,22). The van der Waals surface area contributed by atoms with Crippen molar-refractivity contribution in [3.8, 4) is 0 Å². The van der Waals surface area contributed by atoms with Gasteiger partial charge in [0.25, 0.3) is 11.5 Å². The molecule has 3 heterocycles. The first-order valence-corrected chi connectivity index (χ1v) is 7.95. The zero-order valence-corrected chi connectivity index (χ0v) is 13.2. The van der Waals surface area contributed by atoms with Gasteiger partial charge in [-0.25, -0.2) is 4.98 Å². The van der Waals surface area contributed by atoms with Crippen LogP contribution in [0.5, 0.6) is 0 Å². The van der Waals surface area contributed by atoms with Crippen molar-refractivity contribution in [2.45, 2.75) is 13.0 Å². The lowest BCUT2D eigenvalue weighted by Crippen LogP contribution is -2.42. The van der Waals surface area contributed by atoms with Crippen LogP contribution >= 0.6 is 11.3 Å². The van der Waals surface area contributed by atoms with Crippen molar-refractivity contribution in [2.75, 3.05) is 0 Å². The number of nitrogens with one attached hydrogen (secondary N) is 2. The van der Waals surface area contributed by atoms with Gasteiger partial charge in [-0.2, -0.15) is 0 Å². The predicted molar refractivity (Wildman–Crippen MR) is 88.3 cm³/mol. The van der Waals surface area contributed by atoms with Crippen molar-refractivity contribution in [1.82, 2.24) is 25.4 Å². The summed E-state index contributed by atoms with van der Waals surface area (Å²) in [5, 5.41) is 2.33. The van der Waals surface area contributed by atoms with Gasteiger partial charge in [0.1, 0.15) is 4.83 Å². The minimum absolute atomic E-state index is 0.0323. The summed E-state index contributed by atoms with van der Waals surface area (Å²) < 4.78 is 1.37. The molecule has 8 nitrogen and oxygen atoms in total. The molecule has 0 aliphatic heterocycles. The molecule has 0 atom stereocenters. The fourth-order valence-corrected chi connectivity index (χ4v) is 2.76. The van der Waals surface area contributed by atoms with E-state index < -0.39 is 11.8 Å². The van der Waals surface area contributed by atoms with Gasteiger partial charge in [0, 0.05) is 25.4 Å². The van der Waals surface area contributed by atoms with Crippen LogP contribution in [-0.4, -0.2) is 26.3 Å². The molecule has 3 rings (SSSR count). The first-order chi connectivity index (χ1) is 11.6. The Hall–Kier alpha value is -3.07. The highest BCUT2D eigenvalue weighted by Crippen LogP contribution is 2.13. The number of carbonyl (C=O) groups is 2. The summed E-state index contributed by atoms with van der Waals surface area (Å²) in [5.74, 6) is -0.875. The van der Waals surface area contributed by atoms with E-state index in [1.54, 1.807) is 29.8 Å². The van der Waals surface area contributed by atoms with Crippen LogP contribution in [0.2, 0.25) is 0 Å². The van der Waals surface area contributed by atoms with Crippen molar-refractivity contribution >= 4 is 33.4 Å².